The fourth-order valence-electron chi connectivity index (χ4n) is 3.84. The number of ether oxygens (including phenoxy) is 1. The average Bonchev–Trinajstić information content (AvgIpc) is 3.27. The minimum absolute atomic E-state index is 0.00371. The number of para-hydroxylation sites is 1. The molecule has 1 aliphatic rings. The zero-order valence-corrected chi connectivity index (χ0v) is 15.7. The Balaban J connectivity index is 1.69. The first-order valence-corrected chi connectivity index (χ1v) is 8.99. The van der Waals surface area contributed by atoms with Gasteiger partial charge in [-0.3, -0.25) is 9.48 Å². The Morgan fingerprint density at radius 3 is 2.93 bits per heavy atom. The molecule has 2 aromatic heterocycles. The van der Waals surface area contributed by atoms with Crippen LogP contribution in [0.3, 0.4) is 0 Å². The fraction of sp³-hybridized carbons (Fsp3) is 0.368. The van der Waals surface area contributed by atoms with Crippen LogP contribution in [0.4, 0.5) is 10.2 Å². The van der Waals surface area contributed by atoms with E-state index in [4.69, 9.17) is 4.74 Å². The lowest BCUT2D eigenvalue weighted by Crippen LogP contribution is -2.41. The monoisotopic (exact) mass is 384 g/mol. The zero-order valence-electron chi connectivity index (χ0n) is 15.7. The van der Waals surface area contributed by atoms with E-state index in [0.29, 0.717) is 24.3 Å². The van der Waals surface area contributed by atoms with E-state index >= 15 is 0 Å². The lowest BCUT2D eigenvalue weighted by molar-refractivity contribution is -0.125. The number of nitrogens with one attached hydrogen (secondary N) is 1. The fourth-order valence-corrected chi connectivity index (χ4v) is 3.84. The molecule has 1 saturated heterocycles. The van der Waals surface area contributed by atoms with Crippen molar-refractivity contribution in [1.82, 2.24) is 25.1 Å². The Labute approximate surface area is 161 Å². The van der Waals surface area contributed by atoms with Crippen LogP contribution in [-0.4, -0.2) is 58.5 Å². The third-order valence-corrected chi connectivity index (χ3v) is 5.07. The summed E-state index contributed by atoms with van der Waals surface area (Å²) < 4.78 is 20.9. The summed E-state index contributed by atoms with van der Waals surface area (Å²) in [5.41, 5.74) is 1.30. The van der Waals surface area contributed by atoms with Gasteiger partial charge < -0.3 is 15.0 Å². The quantitative estimate of drug-likeness (QED) is 0.712. The molecule has 3 aromatic rings. The molecule has 0 spiro atoms. The van der Waals surface area contributed by atoms with Gasteiger partial charge in [-0.1, -0.05) is 6.07 Å². The van der Waals surface area contributed by atoms with E-state index in [2.05, 4.69) is 25.3 Å². The van der Waals surface area contributed by atoms with Crippen molar-refractivity contribution in [1.29, 1.82) is 0 Å². The van der Waals surface area contributed by atoms with Crippen LogP contribution in [0.5, 0.6) is 0 Å². The van der Waals surface area contributed by atoms with Crippen LogP contribution in [0.25, 0.3) is 10.9 Å². The standard InChI is InChI=1S/C19H21FN6O2/c1-25-16(6-7-23-25)13-8-26(9-15(13)24-17(27)10-28-2)19-12-4-3-5-14(20)18(12)21-11-22-19/h3-7,11,13,15H,8-10H2,1-2H3,(H,24,27)/t13-,15-/m1/s1. The van der Waals surface area contributed by atoms with Crippen molar-refractivity contribution in [3.63, 3.8) is 0 Å². The van der Waals surface area contributed by atoms with Crippen molar-refractivity contribution in [2.75, 3.05) is 31.7 Å². The van der Waals surface area contributed by atoms with Gasteiger partial charge in [-0.2, -0.15) is 5.10 Å². The molecule has 0 saturated carbocycles. The topological polar surface area (TPSA) is 85.2 Å². The molecule has 2 atom stereocenters. The number of hydrogen-bond donors (Lipinski definition) is 1. The van der Waals surface area contributed by atoms with Gasteiger partial charge in [0, 0.05) is 50.4 Å². The summed E-state index contributed by atoms with van der Waals surface area (Å²) in [6.07, 6.45) is 3.11. The van der Waals surface area contributed by atoms with Crippen molar-refractivity contribution >= 4 is 22.6 Å². The number of carbonyl (C=O) groups excluding carboxylic acids is 1. The maximum absolute atomic E-state index is 14.1. The van der Waals surface area contributed by atoms with Gasteiger partial charge in [0.15, 0.2) is 0 Å². The molecule has 9 heteroatoms. The van der Waals surface area contributed by atoms with Gasteiger partial charge in [-0.05, 0) is 18.2 Å². The molecule has 146 valence electrons. The normalized spacial score (nSPS) is 19.3. The van der Waals surface area contributed by atoms with E-state index in [1.54, 1.807) is 16.9 Å². The lowest BCUT2D eigenvalue weighted by Gasteiger charge is -2.19. The van der Waals surface area contributed by atoms with Gasteiger partial charge in [0.25, 0.3) is 0 Å². The third-order valence-electron chi connectivity index (χ3n) is 5.07. The molecule has 0 unspecified atom stereocenters. The Bertz CT molecular complexity index is 1010. The number of halogens is 1. The van der Waals surface area contributed by atoms with Crippen LogP contribution in [0.2, 0.25) is 0 Å². The summed E-state index contributed by atoms with van der Waals surface area (Å²) in [5.74, 6) is 0.0978. The maximum atomic E-state index is 14.1. The molecule has 3 heterocycles. The molecule has 1 fully saturated rings. The first-order valence-electron chi connectivity index (χ1n) is 8.99. The molecule has 1 N–H and O–H groups in total. The van der Waals surface area contributed by atoms with Gasteiger partial charge in [-0.15, -0.1) is 0 Å². The predicted octanol–water partition coefficient (Wildman–Crippen LogP) is 1.24. The summed E-state index contributed by atoms with van der Waals surface area (Å²) in [4.78, 5) is 22.7. The van der Waals surface area contributed by atoms with E-state index in [-0.39, 0.29) is 35.8 Å². The number of hydrogen-bond acceptors (Lipinski definition) is 6. The molecule has 0 bridgehead atoms. The van der Waals surface area contributed by atoms with Crippen LogP contribution in [0, 0.1) is 5.82 Å². The molecule has 1 aromatic carbocycles. The minimum Gasteiger partial charge on any atom is -0.375 e. The number of nitrogens with zero attached hydrogens (tertiary/aromatic N) is 5. The number of rotatable bonds is 5. The van der Waals surface area contributed by atoms with Crippen LogP contribution < -0.4 is 10.2 Å². The van der Waals surface area contributed by atoms with Gasteiger partial charge >= 0.3 is 0 Å². The predicted molar refractivity (Wildman–Crippen MR) is 101 cm³/mol. The Hall–Kier alpha value is -3.07. The highest BCUT2D eigenvalue weighted by atomic mass is 19.1. The number of carbonyl (C=O) groups is 1. The molecular weight excluding hydrogens is 363 g/mol. The van der Waals surface area contributed by atoms with Gasteiger partial charge in [0.2, 0.25) is 5.91 Å². The van der Waals surface area contributed by atoms with E-state index in [9.17, 15) is 9.18 Å². The van der Waals surface area contributed by atoms with Gasteiger partial charge in [-0.25, -0.2) is 14.4 Å². The summed E-state index contributed by atoms with van der Waals surface area (Å²) in [6.45, 7) is 1.14. The molecule has 1 amide bonds. The SMILES string of the molecule is COCC(=O)N[C@@H]1CN(c2ncnc3c(F)cccc23)C[C@H]1c1ccnn1C. The molecule has 4 rings (SSSR count). The van der Waals surface area contributed by atoms with Crippen LogP contribution in [-0.2, 0) is 16.6 Å². The second kappa shape index (κ2) is 7.51. The largest absolute Gasteiger partial charge is 0.375 e. The summed E-state index contributed by atoms with van der Waals surface area (Å²) in [5, 5.41) is 7.94. The van der Waals surface area contributed by atoms with E-state index in [1.807, 2.05) is 19.2 Å². The Kier molecular flexibility index (Phi) is 4.91. The van der Waals surface area contributed by atoms with Crippen molar-refractivity contribution in [2.45, 2.75) is 12.0 Å². The number of aryl methyl sites for hydroxylation is 1. The maximum Gasteiger partial charge on any atom is 0.246 e. The number of anilines is 1. The van der Waals surface area contributed by atoms with E-state index < -0.39 is 0 Å². The van der Waals surface area contributed by atoms with Gasteiger partial charge in [0.1, 0.15) is 30.1 Å². The summed E-state index contributed by atoms with van der Waals surface area (Å²) in [6, 6.07) is 6.63. The molecular formula is C19H21FN6O2. The molecule has 28 heavy (non-hydrogen) atoms. The highest BCUT2D eigenvalue weighted by Crippen LogP contribution is 2.33. The van der Waals surface area contributed by atoms with E-state index in [1.165, 1.54) is 19.5 Å². The first-order chi connectivity index (χ1) is 13.6. The number of amides is 1. The van der Waals surface area contributed by atoms with Crippen LogP contribution >= 0.6 is 0 Å². The van der Waals surface area contributed by atoms with Crippen molar-refractivity contribution in [3.05, 3.63) is 48.3 Å². The third kappa shape index (κ3) is 3.29. The molecule has 8 nitrogen and oxygen atoms in total. The lowest BCUT2D eigenvalue weighted by atomic mass is 9.99. The molecule has 0 aliphatic carbocycles. The summed E-state index contributed by atoms with van der Waals surface area (Å²) in [7, 11) is 3.36. The van der Waals surface area contributed by atoms with Crippen LogP contribution in [0.1, 0.15) is 11.6 Å². The van der Waals surface area contributed by atoms with Crippen molar-refractivity contribution in [3.8, 4) is 0 Å². The van der Waals surface area contributed by atoms with Crippen LogP contribution in [0.15, 0.2) is 36.8 Å². The number of benzene rings is 1. The summed E-state index contributed by atoms with van der Waals surface area (Å²) >= 11 is 0. The second-order valence-corrected chi connectivity index (χ2v) is 6.83. The average molecular weight is 384 g/mol. The number of methoxy groups -OCH3 is 1. The number of fused-ring (bicyclic) bond motifs is 1. The molecule has 0 radical (unpaired) electrons. The Morgan fingerprint density at radius 2 is 2.18 bits per heavy atom. The number of aromatic nitrogens is 4. The highest BCUT2D eigenvalue weighted by Gasteiger charge is 2.37. The van der Waals surface area contributed by atoms with Crippen molar-refractivity contribution < 1.29 is 13.9 Å². The van der Waals surface area contributed by atoms with E-state index in [0.717, 1.165) is 5.69 Å². The first kappa shape index (κ1) is 18.3. The van der Waals surface area contributed by atoms with Gasteiger partial charge in [0.05, 0.1) is 6.04 Å². The second-order valence-electron chi connectivity index (χ2n) is 6.83. The Morgan fingerprint density at radius 1 is 1.32 bits per heavy atom. The zero-order chi connectivity index (χ0) is 19.7. The van der Waals surface area contributed by atoms with Crippen molar-refractivity contribution in [2.24, 2.45) is 7.05 Å². The molecule has 1 aliphatic heterocycles. The highest BCUT2D eigenvalue weighted by molar-refractivity contribution is 5.90. The smallest absolute Gasteiger partial charge is 0.246 e. The minimum atomic E-state index is -0.381.